The summed E-state index contributed by atoms with van der Waals surface area (Å²) in [5, 5.41) is 8.83. The summed E-state index contributed by atoms with van der Waals surface area (Å²) < 4.78 is 26.8. The van der Waals surface area contributed by atoms with Gasteiger partial charge in [-0.15, -0.1) is 0 Å². The van der Waals surface area contributed by atoms with Crippen LogP contribution in [0.25, 0.3) is 6.08 Å². The maximum atomic E-state index is 12.9. The Morgan fingerprint density at radius 2 is 1.96 bits per heavy atom. The summed E-state index contributed by atoms with van der Waals surface area (Å²) in [5.74, 6) is 0.181. The molecule has 0 saturated carbocycles. The first-order valence-corrected chi connectivity index (χ1v) is 10.9. The molecular formula is C19H28N4O4S. The number of hydrogen-bond donors (Lipinski definition) is 3. The van der Waals surface area contributed by atoms with E-state index in [0.29, 0.717) is 29.9 Å². The van der Waals surface area contributed by atoms with Gasteiger partial charge in [0.2, 0.25) is 15.9 Å². The second-order valence-electron chi connectivity index (χ2n) is 6.58. The van der Waals surface area contributed by atoms with Crippen LogP contribution >= 0.6 is 0 Å². The van der Waals surface area contributed by atoms with Crippen LogP contribution in [0.3, 0.4) is 0 Å². The number of nitrogens with two attached hydrogens (primary N) is 1. The molecule has 9 heteroatoms. The molecular weight excluding hydrogens is 380 g/mol. The van der Waals surface area contributed by atoms with Gasteiger partial charge in [-0.3, -0.25) is 4.79 Å². The van der Waals surface area contributed by atoms with Gasteiger partial charge in [-0.1, -0.05) is 19.9 Å². The summed E-state index contributed by atoms with van der Waals surface area (Å²) in [4.78, 5) is 19.1. The molecule has 0 fully saturated rings. The number of nitrogens with zero attached hydrogens (tertiary/aromatic N) is 2. The van der Waals surface area contributed by atoms with Gasteiger partial charge in [-0.05, 0) is 31.1 Å². The largest absolute Gasteiger partial charge is 0.395 e. The van der Waals surface area contributed by atoms with E-state index in [1.165, 1.54) is 12.1 Å². The highest BCUT2D eigenvalue weighted by Gasteiger charge is 2.22. The van der Waals surface area contributed by atoms with E-state index in [0.717, 1.165) is 12.8 Å². The molecule has 1 heterocycles. The zero-order valence-electron chi connectivity index (χ0n) is 16.3. The molecule has 1 aromatic rings. The van der Waals surface area contributed by atoms with Crippen molar-refractivity contribution in [3.05, 3.63) is 29.3 Å². The Balaban J connectivity index is 2.40. The summed E-state index contributed by atoms with van der Waals surface area (Å²) in [6, 6.07) is 4.48. The van der Waals surface area contributed by atoms with Crippen molar-refractivity contribution in [3.63, 3.8) is 0 Å². The summed E-state index contributed by atoms with van der Waals surface area (Å²) >= 11 is 0. The zero-order valence-corrected chi connectivity index (χ0v) is 17.1. The van der Waals surface area contributed by atoms with Gasteiger partial charge in [0.25, 0.3) is 0 Å². The van der Waals surface area contributed by atoms with E-state index in [1.807, 2.05) is 18.7 Å². The molecule has 0 spiro atoms. The van der Waals surface area contributed by atoms with E-state index in [-0.39, 0.29) is 36.2 Å². The molecule has 0 aromatic heterocycles. The van der Waals surface area contributed by atoms with E-state index in [1.54, 1.807) is 12.1 Å². The normalized spacial score (nSPS) is 14.0. The molecule has 1 aliphatic rings. The van der Waals surface area contributed by atoms with Crippen molar-refractivity contribution in [3.8, 4) is 0 Å². The van der Waals surface area contributed by atoms with Crippen LogP contribution in [-0.4, -0.2) is 56.4 Å². The third-order valence-corrected chi connectivity index (χ3v) is 5.69. The Bertz CT molecular complexity index is 872. The third-order valence-electron chi connectivity index (χ3n) is 4.23. The van der Waals surface area contributed by atoms with Gasteiger partial charge in [0.05, 0.1) is 17.2 Å². The van der Waals surface area contributed by atoms with Gasteiger partial charge >= 0.3 is 0 Å². The molecule has 0 unspecified atom stereocenters. The minimum Gasteiger partial charge on any atom is -0.395 e. The molecule has 0 radical (unpaired) electrons. The van der Waals surface area contributed by atoms with Crippen molar-refractivity contribution in [2.75, 3.05) is 26.2 Å². The highest BCUT2D eigenvalue weighted by molar-refractivity contribution is 7.89. The maximum absolute atomic E-state index is 12.9. The van der Waals surface area contributed by atoms with Crippen LogP contribution in [0, 0.1) is 0 Å². The fourth-order valence-electron chi connectivity index (χ4n) is 3.00. The van der Waals surface area contributed by atoms with Crippen LogP contribution in [0.4, 0.5) is 5.69 Å². The van der Waals surface area contributed by atoms with Gasteiger partial charge < -0.3 is 15.7 Å². The summed E-state index contributed by atoms with van der Waals surface area (Å²) in [6.07, 6.45) is 3.67. The van der Waals surface area contributed by atoms with Crippen molar-refractivity contribution in [1.29, 1.82) is 0 Å². The second-order valence-corrected chi connectivity index (χ2v) is 8.35. The van der Waals surface area contributed by atoms with Gasteiger partial charge in [-0.25, -0.2) is 18.1 Å². The molecule has 0 saturated heterocycles. The first kappa shape index (κ1) is 22.1. The smallest absolute Gasteiger partial charge is 0.250 e. The SMILES string of the molecule is CCCN(CCC)C(=O)C1=Cc2ccc(S(=O)(=O)NCCO)cc2N=C(N)C1. The molecule has 1 aliphatic heterocycles. The number of carbonyl (C=O) groups is 1. The highest BCUT2D eigenvalue weighted by atomic mass is 32.2. The average molecular weight is 409 g/mol. The molecule has 8 nitrogen and oxygen atoms in total. The second kappa shape index (κ2) is 9.81. The lowest BCUT2D eigenvalue weighted by Crippen LogP contribution is -2.34. The Kier molecular flexibility index (Phi) is 7.73. The molecule has 0 atom stereocenters. The van der Waals surface area contributed by atoms with Crippen molar-refractivity contribution >= 4 is 33.5 Å². The molecule has 1 aromatic carbocycles. The monoisotopic (exact) mass is 408 g/mol. The fourth-order valence-corrected chi connectivity index (χ4v) is 4.04. The van der Waals surface area contributed by atoms with Crippen LogP contribution in [0.1, 0.15) is 38.7 Å². The van der Waals surface area contributed by atoms with Crippen molar-refractivity contribution in [2.24, 2.45) is 10.7 Å². The topological polar surface area (TPSA) is 125 Å². The number of carbonyl (C=O) groups excluding carboxylic acids is 1. The molecule has 1 amide bonds. The van der Waals surface area contributed by atoms with E-state index in [9.17, 15) is 13.2 Å². The third kappa shape index (κ3) is 5.40. The predicted octanol–water partition coefficient (Wildman–Crippen LogP) is 1.38. The number of nitrogens with one attached hydrogen (secondary N) is 1. The number of aliphatic hydroxyl groups is 1. The number of benzene rings is 1. The van der Waals surface area contributed by atoms with Crippen LogP contribution in [0.5, 0.6) is 0 Å². The summed E-state index contributed by atoms with van der Waals surface area (Å²) in [5.41, 5.74) is 7.57. The molecule has 0 aliphatic carbocycles. The molecule has 2 rings (SSSR count). The van der Waals surface area contributed by atoms with Crippen LogP contribution < -0.4 is 10.5 Å². The lowest BCUT2D eigenvalue weighted by Gasteiger charge is -2.22. The lowest BCUT2D eigenvalue weighted by atomic mass is 10.1. The minimum atomic E-state index is -3.76. The lowest BCUT2D eigenvalue weighted by molar-refractivity contribution is -0.127. The number of amidine groups is 1. The minimum absolute atomic E-state index is 0.0259. The number of fused-ring (bicyclic) bond motifs is 1. The van der Waals surface area contributed by atoms with Crippen LogP contribution in [0.2, 0.25) is 0 Å². The van der Waals surface area contributed by atoms with E-state index >= 15 is 0 Å². The van der Waals surface area contributed by atoms with Crippen molar-refractivity contribution in [2.45, 2.75) is 38.0 Å². The van der Waals surface area contributed by atoms with E-state index < -0.39 is 10.0 Å². The van der Waals surface area contributed by atoms with Gasteiger partial charge in [0.1, 0.15) is 5.84 Å². The maximum Gasteiger partial charge on any atom is 0.250 e. The van der Waals surface area contributed by atoms with E-state index in [4.69, 9.17) is 10.8 Å². The molecule has 0 bridgehead atoms. The Labute approximate surface area is 166 Å². The number of rotatable bonds is 9. The summed E-state index contributed by atoms with van der Waals surface area (Å²) in [7, 11) is -3.76. The number of amides is 1. The summed E-state index contributed by atoms with van der Waals surface area (Å²) in [6.45, 7) is 5.01. The first-order valence-electron chi connectivity index (χ1n) is 9.39. The standard InChI is InChI=1S/C19H28N4O4S/c1-3-8-23(9-4-2)19(25)15-11-14-5-6-16(28(26,27)21-7-10-24)13-17(14)22-18(20)12-15/h5-6,11,13,21,24H,3-4,7-10,12H2,1-2H3,(H2,20,22). The predicted molar refractivity (Wildman–Crippen MR) is 110 cm³/mol. The van der Waals surface area contributed by atoms with Gasteiger partial charge in [0, 0.05) is 37.2 Å². The van der Waals surface area contributed by atoms with E-state index in [2.05, 4.69) is 9.71 Å². The Morgan fingerprint density at radius 3 is 2.57 bits per heavy atom. The average Bonchev–Trinajstić information content (AvgIpc) is 2.83. The zero-order chi connectivity index (χ0) is 20.7. The fraction of sp³-hybridized carbons (Fsp3) is 0.474. The number of sulfonamides is 1. The highest BCUT2D eigenvalue weighted by Crippen LogP contribution is 2.29. The van der Waals surface area contributed by atoms with Crippen molar-refractivity contribution in [1.82, 2.24) is 9.62 Å². The van der Waals surface area contributed by atoms with Crippen molar-refractivity contribution < 1.29 is 18.3 Å². The molecule has 4 N–H and O–H groups in total. The molecule has 28 heavy (non-hydrogen) atoms. The van der Waals surface area contributed by atoms with Crippen LogP contribution in [-0.2, 0) is 14.8 Å². The number of aliphatic hydroxyl groups excluding tert-OH is 1. The Hall–Kier alpha value is -2.23. The van der Waals surface area contributed by atoms with Gasteiger partial charge in [-0.2, -0.15) is 0 Å². The van der Waals surface area contributed by atoms with Crippen LogP contribution in [0.15, 0.2) is 33.7 Å². The first-order chi connectivity index (χ1) is 13.3. The number of aliphatic imine (C=N–C) groups is 1. The van der Waals surface area contributed by atoms with Gasteiger partial charge in [0.15, 0.2) is 0 Å². The Morgan fingerprint density at radius 1 is 1.29 bits per heavy atom. The number of hydrogen-bond acceptors (Lipinski definition) is 6. The molecule has 154 valence electrons. The quantitative estimate of drug-likeness (QED) is 0.569.